The number of piperidine rings is 1. The minimum absolute atomic E-state index is 0.00194. The van der Waals surface area contributed by atoms with Crippen LogP contribution in [0, 0.1) is 35.5 Å². The van der Waals surface area contributed by atoms with Crippen LogP contribution >= 0.6 is 0 Å². The van der Waals surface area contributed by atoms with E-state index < -0.39 is 35.0 Å². The number of ketones is 3. The van der Waals surface area contributed by atoms with Gasteiger partial charge in [0, 0.05) is 54.6 Å². The van der Waals surface area contributed by atoms with Crippen LogP contribution in [0.15, 0.2) is 30.3 Å². The molecule has 9 heteroatoms. The van der Waals surface area contributed by atoms with Gasteiger partial charge in [-0.05, 0) is 96.0 Å². The van der Waals surface area contributed by atoms with Crippen LogP contribution in [0.5, 0.6) is 0 Å². The first-order valence-electron chi connectivity index (χ1n) is 20.5. The third kappa shape index (κ3) is 12.6. The van der Waals surface area contributed by atoms with Crippen LogP contribution in [0.4, 0.5) is 0 Å². The maximum atomic E-state index is 14.3. The Kier molecular flexibility index (Phi) is 16.5. The van der Waals surface area contributed by atoms with Crippen LogP contribution < -0.4 is 5.32 Å². The van der Waals surface area contributed by atoms with Gasteiger partial charge in [0.2, 0.25) is 11.8 Å². The van der Waals surface area contributed by atoms with Crippen molar-refractivity contribution in [2.24, 2.45) is 35.5 Å². The zero-order chi connectivity index (χ0) is 39.7. The third-order valence-corrected chi connectivity index (χ3v) is 11.7. The molecule has 2 saturated heterocycles. The number of carbonyl (C=O) groups is 5. The first-order chi connectivity index (χ1) is 24.8. The normalized spacial score (nSPS) is 21.3. The summed E-state index contributed by atoms with van der Waals surface area (Å²) >= 11 is 0. The second-order valence-corrected chi connectivity index (χ2v) is 18.4. The summed E-state index contributed by atoms with van der Waals surface area (Å²) in [4.78, 5) is 71.2. The first-order valence-corrected chi connectivity index (χ1v) is 20.5. The summed E-state index contributed by atoms with van der Waals surface area (Å²) in [5.41, 5.74) is 0.0280. The maximum Gasteiger partial charge on any atom is 0.227 e. The third-order valence-electron chi connectivity index (χ3n) is 11.7. The maximum absolute atomic E-state index is 14.3. The summed E-state index contributed by atoms with van der Waals surface area (Å²) in [5.74, 6) is -1.61. The monoisotopic (exact) mass is 738 g/mol. The van der Waals surface area contributed by atoms with Gasteiger partial charge in [-0.15, -0.1) is 0 Å². The van der Waals surface area contributed by atoms with Gasteiger partial charge in [-0.3, -0.25) is 24.0 Å². The Labute approximate surface area is 320 Å². The second kappa shape index (κ2) is 19.6. The van der Waals surface area contributed by atoms with Gasteiger partial charge in [0.05, 0.1) is 12.1 Å². The molecule has 0 bridgehead atoms. The molecule has 2 aliphatic heterocycles. The molecule has 1 aromatic rings. The fourth-order valence-electron chi connectivity index (χ4n) is 9.06. The molecule has 2 fully saturated rings. The van der Waals surface area contributed by atoms with Gasteiger partial charge in [0.25, 0.3) is 0 Å². The van der Waals surface area contributed by atoms with Crippen molar-refractivity contribution in [3.8, 4) is 0 Å². The van der Waals surface area contributed by atoms with E-state index >= 15 is 0 Å². The van der Waals surface area contributed by atoms with Gasteiger partial charge in [0.15, 0.2) is 11.6 Å². The van der Waals surface area contributed by atoms with Crippen LogP contribution in [-0.4, -0.2) is 74.0 Å². The SMILES string of the molecule is CCCC[C@H](NC(=O)[C@@H](CC(=O)[C@@H]1CCCN1C(=O)[C@H](CC(=O)[C@@H](C)CC(C)C)Cc1ccccc1)C(C)C)C(=O)CC1CC(C)(C)N(O)C(C)(C)C1. The quantitative estimate of drug-likeness (QED) is 0.139. The zero-order valence-electron chi connectivity index (χ0n) is 34.6. The van der Waals surface area contributed by atoms with E-state index in [1.165, 1.54) is 5.06 Å². The highest BCUT2D eigenvalue weighted by Gasteiger charge is 2.46. The van der Waals surface area contributed by atoms with Crippen molar-refractivity contribution in [3.63, 3.8) is 0 Å². The molecule has 2 amide bonds. The lowest BCUT2D eigenvalue weighted by Crippen LogP contribution is -2.59. The molecule has 3 rings (SSSR count). The standard InChI is InChI=1S/C44H71N3O6/c1-11-12-19-36(39(49)24-33-27-43(7,8)47(53)44(9,10)28-33)45-41(51)35(30(4)5)26-40(50)37-20-16-21-46(37)42(52)34(23-32-17-14-13-15-18-32)25-38(48)31(6)22-29(2)3/h13-15,17-18,29-31,33-37,53H,11-12,16,19-28H2,1-10H3,(H,45,51)/t31-,34-,35-,36-,37-/m0/s1. The Hall–Kier alpha value is -2.91. The molecule has 0 aromatic heterocycles. The molecule has 298 valence electrons. The lowest BCUT2D eigenvalue weighted by atomic mass is 9.73. The molecule has 5 atom stereocenters. The predicted octanol–water partition coefficient (Wildman–Crippen LogP) is 8.00. The molecule has 2 aliphatic rings. The molecule has 53 heavy (non-hydrogen) atoms. The van der Waals surface area contributed by atoms with E-state index in [2.05, 4.69) is 26.1 Å². The van der Waals surface area contributed by atoms with Crippen molar-refractivity contribution >= 4 is 29.2 Å². The highest BCUT2D eigenvalue weighted by Crippen LogP contribution is 2.41. The van der Waals surface area contributed by atoms with E-state index in [-0.39, 0.29) is 59.8 Å². The lowest BCUT2D eigenvalue weighted by molar-refractivity contribution is -0.251. The van der Waals surface area contributed by atoms with E-state index in [4.69, 9.17) is 0 Å². The molecular formula is C44H71N3O6. The van der Waals surface area contributed by atoms with Crippen molar-refractivity contribution in [2.45, 2.75) is 169 Å². The number of nitrogens with zero attached hydrogens (tertiary/aromatic N) is 2. The molecule has 0 aliphatic carbocycles. The predicted molar refractivity (Wildman–Crippen MR) is 210 cm³/mol. The number of hydrogen-bond acceptors (Lipinski definition) is 7. The van der Waals surface area contributed by atoms with Gasteiger partial charge in [0.1, 0.15) is 5.78 Å². The van der Waals surface area contributed by atoms with Gasteiger partial charge < -0.3 is 15.4 Å². The van der Waals surface area contributed by atoms with Crippen LogP contribution in [0.1, 0.15) is 145 Å². The van der Waals surface area contributed by atoms with Crippen molar-refractivity contribution in [1.82, 2.24) is 15.3 Å². The van der Waals surface area contributed by atoms with Crippen molar-refractivity contribution in [2.75, 3.05) is 6.54 Å². The largest absolute Gasteiger partial charge is 0.346 e. The van der Waals surface area contributed by atoms with Gasteiger partial charge in [-0.1, -0.05) is 84.7 Å². The molecule has 0 unspecified atom stereocenters. The number of hydrogen-bond donors (Lipinski definition) is 2. The van der Waals surface area contributed by atoms with E-state index in [1.54, 1.807) is 4.90 Å². The minimum Gasteiger partial charge on any atom is -0.346 e. The Morgan fingerprint density at radius 2 is 1.53 bits per heavy atom. The van der Waals surface area contributed by atoms with Crippen LogP contribution in [0.3, 0.4) is 0 Å². The molecule has 0 spiro atoms. The number of unbranched alkanes of at least 4 members (excludes halogenated alkanes) is 1. The Balaban J connectivity index is 1.75. The summed E-state index contributed by atoms with van der Waals surface area (Å²) in [6.07, 6.45) is 6.40. The fourth-order valence-corrected chi connectivity index (χ4v) is 9.06. The molecule has 2 heterocycles. The van der Waals surface area contributed by atoms with Crippen molar-refractivity contribution < 1.29 is 29.2 Å². The summed E-state index contributed by atoms with van der Waals surface area (Å²) in [6, 6.07) is 8.45. The summed E-state index contributed by atoms with van der Waals surface area (Å²) < 4.78 is 0. The Bertz CT molecular complexity index is 1370. The number of hydroxylamine groups is 2. The average Bonchev–Trinajstić information content (AvgIpc) is 3.57. The smallest absolute Gasteiger partial charge is 0.227 e. The van der Waals surface area contributed by atoms with E-state index in [0.717, 1.165) is 24.8 Å². The first kappa shape index (κ1) is 44.5. The van der Waals surface area contributed by atoms with Gasteiger partial charge >= 0.3 is 0 Å². The van der Waals surface area contributed by atoms with Gasteiger partial charge in [-0.2, -0.15) is 5.06 Å². The molecule has 0 radical (unpaired) electrons. The molecule has 2 N–H and O–H groups in total. The topological polar surface area (TPSA) is 124 Å². The highest BCUT2D eigenvalue weighted by atomic mass is 16.5. The zero-order valence-corrected chi connectivity index (χ0v) is 34.6. The van der Waals surface area contributed by atoms with E-state index in [9.17, 15) is 29.2 Å². The Morgan fingerprint density at radius 3 is 2.09 bits per heavy atom. The summed E-state index contributed by atoms with van der Waals surface area (Å²) in [5, 5.41) is 15.3. The molecule has 0 saturated carbocycles. The summed E-state index contributed by atoms with van der Waals surface area (Å²) in [6.45, 7) is 20.4. The minimum atomic E-state index is -0.647. The van der Waals surface area contributed by atoms with Gasteiger partial charge in [-0.25, -0.2) is 0 Å². The van der Waals surface area contributed by atoms with E-state index in [0.29, 0.717) is 57.4 Å². The molecule has 1 aromatic carbocycles. The molecule has 9 nitrogen and oxygen atoms in total. The Morgan fingerprint density at radius 1 is 0.906 bits per heavy atom. The number of benzene rings is 1. The highest BCUT2D eigenvalue weighted by molar-refractivity contribution is 5.96. The van der Waals surface area contributed by atoms with Crippen LogP contribution in [0.2, 0.25) is 0 Å². The number of Topliss-reactive ketones (excluding diaryl/α,β-unsaturated/α-hetero) is 3. The number of rotatable bonds is 20. The van der Waals surface area contributed by atoms with Crippen molar-refractivity contribution in [1.29, 1.82) is 0 Å². The number of carbonyl (C=O) groups excluding carboxylic acids is 5. The van der Waals surface area contributed by atoms with Crippen LogP contribution in [-0.2, 0) is 30.4 Å². The van der Waals surface area contributed by atoms with Crippen LogP contribution in [0.25, 0.3) is 0 Å². The number of likely N-dealkylation sites (tertiary alicyclic amines) is 1. The van der Waals surface area contributed by atoms with E-state index in [1.807, 2.05) is 78.8 Å². The lowest BCUT2D eigenvalue weighted by Gasteiger charge is -2.51. The van der Waals surface area contributed by atoms with Crippen molar-refractivity contribution in [3.05, 3.63) is 35.9 Å². The summed E-state index contributed by atoms with van der Waals surface area (Å²) in [7, 11) is 0. The molecular weight excluding hydrogens is 666 g/mol. The second-order valence-electron chi connectivity index (χ2n) is 18.4. The fraction of sp³-hybridized carbons (Fsp3) is 0.750. The average molecular weight is 738 g/mol. The number of nitrogens with one attached hydrogen (secondary N) is 1. The number of amides is 2.